The van der Waals surface area contributed by atoms with Crippen molar-refractivity contribution in [2.45, 2.75) is 89.9 Å². The van der Waals surface area contributed by atoms with Crippen LogP contribution in [0.1, 0.15) is 89.9 Å². The van der Waals surface area contributed by atoms with E-state index in [1.807, 2.05) is 10.9 Å². The normalized spacial score (nSPS) is 14.5. The number of nitrogens with two attached hydrogens (primary N) is 2. The maximum absolute atomic E-state index is 11.7. The third-order valence-corrected chi connectivity index (χ3v) is 10.7. The third kappa shape index (κ3) is 30.4. The number of likely N-dealkylation sites (tertiary alicyclic amines) is 3. The molecule has 0 bridgehead atoms. The zero-order valence-electron chi connectivity index (χ0n) is 44.4. The highest BCUT2D eigenvalue weighted by molar-refractivity contribution is 6.02. The summed E-state index contributed by atoms with van der Waals surface area (Å²) in [6.07, 6.45) is 1.84. The Kier molecular flexibility index (Phi) is 35.0. The number of imide groups is 2. The highest BCUT2D eigenvalue weighted by atomic mass is 16.7. The molecule has 79 heavy (non-hydrogen) atoms. The zero-order valence-corrected chi connectivity index (χ0v) is 44.4. The number of amides is 13. The topological polar surface area (TPSA) is 444 Å². The quantitative estimate of drug-likeness (QED) is 0.0120. The third-order valence-electron chi connectivity index (χ3n) is 10.7. The molecule has 442 valence electrons. The number of ether oxygens (including phenoxy) is 5. The van der Waals surface area contributed by atoms with Gasteiger partial charge >= 0.3 is 18.2 Å². The molecule has 4 aliphatic heterocycles. The minimum Gasteiger partial charge on any atom is -0.452 e. The fourth-order valence-corrected chi connectivity index (χ4v) is 6.49. The molecular weight excluding hydrogens is 1050 g/mol. The van der Waals surface area contributed by atoms with Crippen LogP contribution in [0.4, 0.5) is 9.59 Å². The van der Waals surface area contributed by atoms with Gasteiger partial charge in [-0.25, -0.2) is 31.5 Å². The van der Waals surface area contributed by atoms with Gasteiger partial charge < -0.3 is 54.3 Å². The number of allylic oxidation sites excluding steroid dienone is 2. The summed E-state index contributed by atoms with van der Waals surface area (Å²) < 4.78 is 23.8. The molecular formula is C46H73N13O20. The SMILES string of the molecule is C=C1CCC(=O)N1CCC(=O)NCCOCCC(=O)NN.C=C1CCC(=O)N1CCC(=O)NCCOCCC(=O)NNC(=O)OC.COC(=O)NN.O=C(CCN1C(=O)CCC1=O)NCCOCCC(=O)ON1C(=O)CCC1=O. The second-order valence-electron chi connectivity index (χ2n) is 16.5. The van der Waals surface area contributed by atoms with Crippen LogP contribution in [-0.4, -0.2) is 196 Å². The van der Waals surface area contributed by atoms with Crippen LogP contribution in [0.2, 0.25) is 0 Å². The van der Waals surface area contributed by atoms with Crippen molar-refractivity contribution < 1.29 is 95.6 Å². The van der Waals surface area contributed by atoms with E-state index in [-0.39, 0.29) is 158 Å². The average Bonchev–Trinajstić information content (AvgIpc) is 4.17. The number of carbonyl (C=O) groups is 14. The molecule has 0 aliphatic carbocycles. The second kappa shape index (κ2) is 40.1. The average molecular weight is 1130 g/mol. The molecule has 4 saturated heterocycles. The summed E-state index contributed by atoms with van der Waals surface area (Å²) in [4.78, 5) is 166. The van der Waals surface area contributed by atoms with Gasteiger partial charge in [0.25, 0.3) is 11.8 Å². The van der Waals surface area contributed by atoms with E-state index in [1.54, 1.807) is 10.3 Å². The van der Waals surface area contributed by atoms with Crippen LogP contribution in [0, 0.1) is 0 Å². The van der Waals surface area contributed by atoms with Crippen molar-refractivity contribution in [2.24, 2.45) is 11.7 Å². The van der Waals surface area contributed by atoms with Crippen molar-refractivity contribution in [3.05, 3.63) is 24.6 Å². The van der Waals surface area contributed by atoms with Gasteiger partial charge in [0, 0.05) is 108 Å². The number of hydrazine groups is 3. The van der Waals surface area contributed by atoms with Crippen LogP contribution in [-0.2, 0) is 86.1 Å². The first-order chi connectivity index (χ1) is 37.7. The minimum absolute atomic E-state index is 0.00102. The maximum atomic E-state index is 11.7. The van der Waals surface area contributed by atoms with Gasteiger partial charge in [-0.05, 0) is 12.8 Å². The van der Waals surface area contributed by atoms with E-state index in [1.165, 1.54) is 19.1 Å². The summed E-state index contributed by atoms with van der Waals surface area (Å²) >= 11 is 0. The number of hydrogen-bond donors (Lipinski definition) is 9. The first-order valence-corrected chi connectivity index (χ1v) is 24.7. The van der Waals surface area contributed by atoms with Gasteiger partial charge in [-0.2, -0.15) is 0 Å². The molecule has 13 amide bonds. The Balaban J connectivity index is 0.000000566. The van der Waals surface area contributed by atoms with Gasteiger partial charge in [-0.15, -0.1) is 5.06 Å². The molecule has 0 saturated carbocycles. The lowest BCUT2D eigenvalue weighted by Gasteiger charge is -2.16. The van der Waals surface area contributed by atoms with E-state index in [2.05, 4.69) is 54.7 Å². The van der Waals surface area contributed by atoms with Gasteiger partial charge in [0.05, 0.1) is 73.1 Å². The maximum Gasteiger partial charge on any atom is 0.425 e. The molecule has 0 spiro atoms. The second-order valence-corrected chi connectivity index (χ2v) is 16.5. The lowest BCUT2D eigenvalue weighted by Crippen LogP contribution is -2.41. The smallest absolute Gasteiger partial charge is 0.425 e. The number of nitrogens with zero attached hydrogens (tertiary/aromatic N) is 4. The monoisotopic (exact) mass is 1130 g/mol. The Hall–Kier alpha value is -8.14. The summed E-state index contributed by atoms with van der Waals surface area (Å²) in [5, 5.41) is 8.39. The summed E-state index contributed by atoms with van der Waals surface area (Å²) in [6.45, 7) is 10.3. The standard InChI is InChI=1S/C16H21N3O8.C15H24N4O6.C13H22N4O4.C2H6N2O2/c20-11(5-8-18-12(21)1-2-13(18)22)17-7-10-26-9-6-16(25)27-19-14(23)3-4-15(19)24;1-11-3-4-14(22)19(11)8-5-12(20)16-7-10-25-9-6-13(21)17-18-15(23)24-2;1-10-2-3-13(20)17(10)7-4-11(18)15-6-9-21-8-5-12(19)16-14;1-6-2(5)4-3/h1-10H2,(H,17,20);1,3-10H2,2H3,(H,16,20)(H,17,21)(H,18,23);1-9,14H2,(H,15,18)(H,16,19);3H2,1H3,(H,4,5). The number of carbonyl (C=O) groups excluding carboxylic acids is 14. The molecule has 0 aromatic heterocycles. The van der Waals surface area contributed by atoms with E-state index in [4.69, 9.17) is 20.1 Å². The Bertz CT molecular complexity index is 2090. The number of hydroxylamine groups is 2. The molecule has 33 heteroatoms. The van der Waals surface area contributed by atoms with Gasteiger partial charge in [0.15, 0.2) is 0 Å². The zero-order chi connectivity index (χ0) is 59.1. The van der Waals surface area contributed by atoms with Crippen molar-refractivity contribution in [3.63, 3.8) is 0 Å². The molecule has 0 aromatic rings. The first-order valence-electron chi connectivity index (χ1n) is 24.7. The highest BCUT2D eigenvalue weighted by Crippen LogP contribution is 2.21. The van der Waals surface area contributed by atoms with Crippen LogP contribution in [0.25, 0.3) is 0 Å². The predicted octanol–water partition coefficient (Wildman–Crippen LogP) is -3.68. The van der Waals surface area contributed by atoms with Gasteiger partial charge in [0.2, 0.25) is 53.2 Å². The number of methoxy groups -OCH3 is 2. The number of hydrogen-bond acceptors (Lipinski definition) is 22. The fourth-order valence-electron chi connectivity index (χ4n) is 6.49. The molecule has 4 fully saturated rings. The van der Waals surface area contributed by atoms with Crippen LogP contribution >= 0.6 is 0 Å². The minimum atomic E-state index is -0.767. The summed E-state index contributed by atoms with van der Waals surface area (Å²) in [5.74, 6) is 5.73. The molecule has 11 N–H and O–H groups in total. The van der Waals surface area contributed by atoms with Gasteiger partial charge in [0.1, 0.15) is 0 Å². The van der Waals surface area contributed by atoms with Crippen LogP contribution in [0.15, 0.2) is 24.6 Å². The van der Waals surface area contributed by atoms with E-state index >= 15 is 0 Å². The molecule has 4 rings (SSSR count). The molecule has 0 atom stereocenters. The molecule has 0 aromatic carbocycles. The lowest BCUT2D eigenvalue weighted by molar-refractivity contribution is -0.198. The number of nitrogens with one attached hydrogen (secondary N) is 7. The van der Waals surface area contributed by atoms with E-state index in [0.717, 1.165) is 16.3 Å². The largest absolute Gasteiger partial charge is 0.452 e. The van der Waals surface area contributed by atoms with Crippen molar-refractivity contribution in [2.75, 3.05) is 93.1 Å². The summed E-state index contributed by atoms with van der Waals surface area (Å²) in [5.41, 5.74) is 9.45. The molecule has 33 nitrogen and oxygen atoms in total. The van der Waals surface area contributed by atoms with Crippen LogP contribution in [0.3, 0.4) is 0 Å². The van der Waals surface area contributed by atoms with Crippen molar-refractivity contribution in [1.29, 1.82) is 0 Å². The van der Waals surface area contributed by atoms with Gasteiger partial charge in [-0.1, -0.05) is 13.2 Å². The van der Waals surface area contributed by atoms with Crippen LogP contribution in [0.5, 0.6) is 0 Å². The fraction of sp³-hybridized carbons (Fsp3) is 0.609. The van der Waals surface area contributed by atoms with Crippen molar-refractivity contribution >= 4 is 83.1 Å². The van der Waals surface area contributed by atoms with E-state index in [9.17, 15) is 67.1 Å². The molecule has 4 heterocycles. The number of rotatable bonds is 28. The summed E-state index contributed by atoms with van der Waals surface area (Å²) in [6, 6.07) is 0. The van der Waals surface area contributed by atoms with Gasteiger partial charge in [-0.3, -0.25) is 73.9 Å². The first kappa shape index (κ1) is 68.9. The highest BCUT2D eigenvalue weighted by Gasteiger charge is 2.33. The Labute approximate surface area is 454 Å². The Morgan fingerprint density at radius 1 is 0.430 bits per heavy atom. The van der Waals surface area contributed by atoms with Crippen molar-refractivity contribution in [3.8, 4) is 0 Å². The van der Waals surface area contributed by atoms with Crippen LogP contribution < -0.4 is 49.3 Å². The molecule has 0 radical (unpaired) electrons. The lowest BCUT2D eigenvalue weighted by atomic mass is 10.3. The van der Waals surface area contributed by atoms with E-state index in [0.29, 0.717) is 63.5 Å². The Morgan fingerprint density at radius 3 is 1.16 bits per heavy atom. The Morgan fingerprint density at radius 2 is 0.797 bits per heavy atom. The van der Waals surface area contributed by atoms with E-state index < -0.39 is 35.9 Å². The molecule has 4 aliphatic rings. The summed E-state index contributed by atoms with van der Waals surface area (Å²) in [7, 11) is 2.42. The van der Waals surface area contributed by atoms with Crippen molar-refractivity contribution in [1.82, 2.24) is 57.4 Å². The molecule has 0 unspecified atom stereocenters. The predicted molar refractivity (Wildman–Crippen MR) is 268 cm³/mol.